The zero-order valence-electron chi connectivity index (χ0n) is 13.4. The van der Waals surface area contributed by atoms with Crippen molar-refractivity contribution in [2.45, 2.75) is 0 Å². The summed E-state index contributed by atoms with van der Waals surface area (Å²) in [6.45, 7) is 0. The molecule has 0 aliphatic carbocycles. The van der Waals surface area contributed by atoms with Crippen LogP contribution < -0.4 is 16.4 Å². The first-order valence-electron chi connectivity index (χ1n) is 7.40. The number of amides is 2. The molecule has 0 radical (unpaired) electrons. The molecule has 0 unspecified atom stereocenters. The number of carbonyl (C=O) groups excluding carboxylic acids is 2. The Balaban J connectivity index is 1.86. The first-order chi connectivity index (χ1) is 12.4. The summed E-state index contributed by atoms with van der Waals surface area (Å²) in [5.74, 6) is -3.59. The highest BCUT2D eigenvalue weighted by molar-refractivity contribution is 6.06. The van der Waals surface area contributed by atoms with Gasteiger partial charge >= 0.3 is 0 Å². The van der Waals surface area contributed by atoms with E-state index in [9.17, 15) is 23.2 Å². The zero-order chi connectivity index (χ0) is 18.8. The van der Waals surface area contributed by atoms with Gasteiger partial charge in [-0.05, 0) is 24.3 Å². The maximum Gasteiger partial charge on any atom is 0.290 e. The number of nitrogens with zero attached hydrogens (tertiary/aromatic N) is 2. The molecule has 2 N–H and O–H groups in total. The highest BCUT2D eigenvalue weighted by Crippen LogP contribution is 2.13. The van der Waals surface area contributed by atoms with E-state index in [1.165, 1.54) is 19.2 Å². The van der Waals surface area contributed by atoms with Crippen LogP contribution in [0.2, 0.25) is 0 Å². The first kappa shape index (κ1) is 17.2. The number of benzene rings is 2. The van der Waals surface area contributed by atoms with Crippen LogP contribution in [0.3, 0.4) is 0 Å². The SMILES string of the molecule is Cn1nc(C(=O)NNC(=O)c2cc(F)ccc2F)c2ccccc2c1=O. The molecule has 0 fully saturated rings. The fourth-order valence-electron chi connectivity index (χ4n) is 2.38. The van der Waals surface area contributed by atoms with E-state index in [2.05, 4.69) is 10.5 Å². The second-order valence-electron chi connectivity index (χ2n) is 5.36. The van der Waals surface area contributed by atoms with Gasteiger partial charge in [-0.15, -0.1) is 0 Å². The largest absolute Gasteiger partial charge is 0.290 e. The molecule has 0 aliphatic heterocycles. The Morgan fingerprint density at radius 3 is 2.38 bits per heavy atom. The van der Waals surface area contributed by atoms with Gasteiger partial charge in [-0.25, -0.2) is 13.5 Å². The molecule has 7 nitrogen and oxygen atoms in total. The van der Waals surface area contributed by atoms with E-state index < -0.39 is 29.0 Å². The Kier molecular flexibility index (Phi) is 4.44. The van der Waals surface area contributed by atoms with E-state index in [4.69, 9.17) is 0 Å². The normalized spacial score (nSPS) is 10.6. The summed E-state index contributed by atoms with van der Waals surface area (Å²) in [7, 11) is 1.38. The number of aryl methyl sites for hydroxylation is 1. The molecular weight excluding hydrogens is 346 g/mol. The van der Waals surface area contributed by atoms with Crippen LogP contribution in [0.1, 0.15) is 20.8 Å². The van der Waals surface area contributed by atoms with Gasteiger partial charge in [0.25, 0.3) is 17.4 Å². The maximum atomic E-state index is 13.6. The maximum absolute atomic E-state index is 13.6. The van der Waals surface area contributed by atoms with Gasteiger partial charge in [0.15, 0.2) is 5.69 Å². The van der Waals surface area contributed by atoms with Gasteiger partial charge in [0.1, 0.15) is 11.6 Å². The third kappa shape index (κ3) is 3.14. The smallest absolute Gasteiger partial charge is 0.267 e. The van der Waals surface area contributed by atoms with Crippen molar-refractivity contribution in [1.29, 1.82) is 0 Å². The highest BCUT2D eigenvalue weighted by Gasteiger charge is 2.18. The van der Waals surface area contributed by atoms with Gasteiger partial charge < -0.3 is 0 Å². The van der Waals surface area contributed by atoms with E-state index >= 15 is 0 Å². The van der Waals surface area contributed by atoms with Crippen molar-refractivity contribution < 1.29 is 18.4 Å². The van der Waals surface area contributed by atoms with Crippen molar-refractivity contribution in [3.05, 3.63) is 75.7 Å². The molecule has 0 bridgehead atoms. The minimum atomic E-state index is -1.04. The third-order valence-electron chi connectivity index (χ3n) is 3.63. The number of carbonyl (C=O) groups is 2. The lowest BCUT2D eigenvalue weighted by Gasteiger charge is -2.10. The van der Waals surface area contributed by atoms with E-state index in [-0.39, 0.29) is 16.6 Å². The minimum Gasteiger partial charge on any atom is -0.267 e. The Morgan fingerprint density at radius 1 is 1.00 bits per heavy atom. The fraction of sp³-hybridized carbons (Fsp3) is 0.0588. The van der Waals surface area contributed by atoms with Gasteiger partial charge in [0, 0.05) is 12.4 Å². The lowest BCUT2D eigenvalue weighted by atomic mass is 10.1. The van der Waals surface area contributed by atoms with Crippen LogP contribution in [0.15, 0.2) is 47.3 Å². The molecule has 0 spiro atoms. The van der Waals surface area contributed by atoms with Crippen molar-refractivity contribution >= 4 is 22.6 Å². The molecule has 1 aromatic heterocycles. The predicted molar refractivity (Wildman–Crippen MR) is 88.3 cm³/mol. The van der Waals surface area contributed by atoms with Crippen LogP contribution in [0.25, 0.3) is 10.8 Å². The van der Waals surface area contributed by atoms with Crippen LogP contribution in [0.5, 0.6) is 0 Å². The number of hydrazine groups is 1. The van der Waals surface area contributed by atoms with Crippen molar-refractivity contribution in [3.63, 3.8) is 0 Å². The molecule has 2 amide bonds. The molecule has 3 rings (SSSR count). The average molecular weight is 358 g/mol. The number of fused-ring (bicyclic) bond motifs is 1. The van der Waals surface area contributed by atoms with Crippen molar-refractivity contribution in [2.75, 3.05) is 0 Å². The molecule has 0 saturated heterocycles. The topological polar surface area (TPSA) is 93.1 Å². The molecule has 2 aromatic carbocycles. The minimum absolute atomic E-state index is 0.109. The van der Waals surface area contributed by atoms with Crippen molar-refractivity contribution in [1.82, 2.24) is 20.6 Å². The summed E-state index contributed by atoms with van der Waals surface area (Å²) in [5, 5.41) is 4.46. The molecule has 0 aliphatic rings. The highest BCUT2D eigenvalue weighted by atomic mass is 19.1. The fourth-order valence-corrected chi connectivity index (χ4v) is 2.38. The van der Waals surface area contributed by atoms with Gasteiger partial charge in [-0.1, -0.05) is 18.2 Å². The third-order valence-corrected chi connectivity index (χ3v) is 3.63. The summed E-state index contributed by atoms with van der Waals surface area (Å²) in [6.07, 6.45) is 0. The predicted octanol–water partition coefficient (Wildman–Crippen LogP) is 1.29. The molecular formula is C17H12F2N4O3. The summed E-state index contributed by atoms with van der Waals surface area (Å²) in [6, 6.07) is 8.71. The molecule has 132 valence electrons. The Hall–Kier alpha value is -3.62. The Bertz CT molecular complexity index is 1100. The molecule has 1 heterocycles. The van der Waals surface area contributed by atoms with Crippen molar-refractivity contribution in [3.8, 4) is 0 Å². The monoisotopic (exact) mass is 358 g/mol. The summed E-state index contributed by atoms with van der Waals surface area (Å²) in [5.41, 5.74) is 3.01. The molecule has 9 heteroatoms. The number of hydrogen-bond donors (Lipinski definition) is 2. The van der Waals surface area contributed by atoms with Crippen LogP contribution >= 0.6 is 0 Å². The second kappa shape index (κ2) is 6.71. The first-order valence-corrected chi connectivity index (χ1v) is 7.40. The number of aromatic nitrogens is 2. The summed E-state index contributed by atoms with van der Waals surface area (Å²) < 4.78 is 27.7. The van der Waals surface area contributed by atoms with Crippen LogP contribution in [0, 0.1) is 11.6 Å². The van der Waals surface area contributed by atoms with Crippen molar-refractivity contribution in [2.24, 2.45) is 7.05 Å². The van der Waals surface area contributed by atoms with E-state index in [1.807, 2.05) is 5.43 Å². The van der Waals surface area contributed by atoms with E-state index in [1.54, 1.807) is 12.1 Å². The number of hydrogen-bond acceptors (Lipinski definition) is 4. The average Bonchev–Trinajstić information content (AvgIpc) is 2.64. The quantitative estimate of drug-likeness (QED) is 0.675. The molecule has 26 heavy (non-hydrogen) atoms. The molecule has 3 aromatic rings. The Morgan fingerprint density at radius 2 is 1.65 bits per heavy atom. The standard InChI is InChI=1S/C17H12F2N4O3/c1-23-17(26)11-5-3-2-4-10(11)14(22-23)16(25)21-20-15(24)12-8-9(18)6-7-13(12)19/h2-8H,1H3,(H,20,24)(H,21,25). The number of rotatable bonds is 2. The molecule has 0 saturated carbocycles. The second-order valence-corrected chi connectivity index (χ2v) is 5.36. The van der Waals surface area contributed by atoms with Gasteiger partial charge in [0.05, 0.1) is 10.9 Å². The van der Waals surface area contributed by atoms with Gasteiger partial charge in [0.2, 0.25) is 0 Å². The van der Waals surface area contributed by atoms with Crippen LogP contribution in [0.4, 0.5) is 8.78 Å². The lowest BCUT2D eigenvalue weighted by Crippen LogP contribution is -2.43. The van der Waals surface area contributed by atoms with Gasteiger partial charge in [-0.2, -0.15) is 5.10 Å². The summed E-state index contributed by atoms with van der Waals surface area (Å²) in [4.78, 5) is 36.3. The lowest BCUT2D eigenvalue weighted by molar-refractivity contribution is 0.0841. The van der Waals surface area contributed by atoms with E-state index in [0.29, 0.717) is 11.5 Å². The van der Waals surface area contributed by atoms with E-state index in [0.717, 1.165) is 16.8 Å². The van der Waals surface area contributed by atoms with Gasteiger partial charge in [-0.3, -0.25) is 25.2 Å². The van der Waals surface area contributed by atoms with Crippen LogP contribution in [-0.2, 0) is 7.05 Å². The summed E-state index contributed by atoms with van der Waals surface area (Å²) >= 11 is 0. The van der Waals surface area contributed by atoms with Crippen LogP contribution in [-0.4, -0.2) is 21.6 Å². The zero-order valence-corrected chi connectivity index (χ0v) is 13.4. The number of halogens is 2. The number of nitrogens with one attached hydrogen (secondary N) is 2. The molecule has 0 atom stereocenters. The Labute approximate surface area is 145 Å².